The van der Waals surface area contributed by atoms with E-state index >= 15 is 0 Å². The SMILES string of the molecule is Cn1cc(S(=O)(=O)Nc2ccc(S(=O)(=O)Cl)c(Cl)c2)cn1. The fourth-order valence-corrected chi connectivity index (χ4v) is 4.08. The Morgan fingerprint density at radius 2 is 1.90 bits per heavy atom. The quantitative estimate of drug-likeness (QED) is 0.828. The fraction of sp³-hybridized carbons (Fsp3) is 0.100. The van der Waals surface area contributed by atoms with E-state index in [2.05, 4.69) is 9.82 Å². The Morgan fingerprint density at radius 1 is 1.24 bits per heavy atom. The maximum atomic E-state index is 12.1. The highest BCUT2D eigenvalue weighted by atomic mass is 35.7. The minimum Gasteiger partial charge on any atom is -0.279 e. The third-order valence-corrected chi connectivity index (χ3v) is 5.58. The summed E-state index contributed by atoms with van der Waals surface area (Å²) in [5, 5.41) is 3.58. The molecule has 0 saturated carbocycles. The van der Waals surface area contributed by atoms with Crippen LogP contribution in [-0.2, 0) is 26.1 Å². The molecule has 0 bridgehead atoms. The first kappa shape index (κ1) is 16.1. The number of anilines is 1. The van der Waals surface area contributed by atoms with Crippen LogP contribution in [0.3, 0.4) is 0 Å². The third kappa shape index (κ3) is 3.67. The van der Waals surface area contributed by atoms with Crippen molar-refractivity contribution in [3.05, 3.63) is 35.6 Å². The fourth-order valence-electron chi connectivity index (χ4n) is 1.51. The van der Waals surface area contributed by atoms with Gasteiger partial charge in [-0.05, 0) is 18.2 Å². The molecule has 0 amide bonds. The van der Waals surface area contributed by atoms with Gasteiger partial charge in [-0.2, -0.15) is 5.10 Å². The highest BCUT2D eigenvalue weighted by Crippen LogP contribution is 2.28. The molecular weight excluding hydrogens is 361 g/mol. The topological polar surface area (TPSA) is 98.1 Å². The van der Waals surface area contributed by atoms with Gasteiger partial charge in [-0.15, -0.1) is 0 Å². The van der Waals surface area contributed by atoms with Crippen molar-refractivity contribution >= 4 is 47.0 Å². The van der Waals surface area contributed by atoms with Crippen molar-refractivity contribution in [2.24, 2.45) is 7.05 Å². The molecule has 0 atom stereocenters. The van der Waals surface area contributed by atoms with Gasteiger partial charge in [-0.3, -0.25) is 9.40 Å². The van der Waals surface area contributed by atoms with Crippen molar-refractivity contribution in [2.75, 3.05) is 4.72 Å². The summed E-state index contributed by atoms with van der Waals surface area (Å²) in [5.41, 5.74) is 0.105. The molecule has 11 heteroatoms. The van der Waals surface area contributed by atoms with Gasteiger partial charge in [0.25, 0.3) is 19.1 Å². The first-order valence-corrected chi connectivity index (χ1v) is 9.52. The molecule has 2 rings (SSSR count). The van der Waals surface area contributed by atoms with E-state index in [1.165, 1.54) is 23.1 Å². The largest absolute Gasteiger partial charge is 0.279 e. The lowest BCUT2D eigenvalue weighted by atomic mass is 10.3. The summed E-state index contributed by atoms with van der Waals surface area (Å²) in [4.78, 5) is -0.328. The number of nitrogens with zero attached hydrogens (tertiary/aromatic N) is 2. The number of sulfonamides is 1. The van der Waals surface area contributed by atoms with Gasteiger partial charge in [0.1, 0.15) is 9.79 Å². The van der Waals surface area contributed by atoms with Crippen LogP contribution in [0.25, 0.3) is 0 Å². The number of aromatic nitrogens is 2. The van der Waals surface area contributed by atoms with Crippen molar-refractivity contribution in [3.63, 3.8) is 0 Å². The first-order valence-electron chi connectivity index (χ1n) is 5.35. The second-order valence-electron chi connectivity index (χ2n) is 4.04. The van der Waals surface area contributed by atoms with Crippen LogP contribution in [0.1, 0.15) is 0 Å². The molecule has 21 heavy (non-hydrogen) atoms. The maximum absolute atomic E-state index is 12.1. The van der Waals surface area contributed by atoms with E-state index in [1.807, 2.05) is 0 Å². The normalized spacial score (nSPS) is 12.3. The van der Waals surface area contributed by atoms with Gasteiger partial charge >= 0.3 is 0 Å². The number of hydrogen-bond donors (Lipinski definition) is 1. The van der Waals surface area contributed by atoms with Gasteiger partial charge in [-0.1, -0.05) is 11.6 Å². The van der Waals surface area contributed by atoms with Crippen molar-refractivity contribution < 1.29 is 16.8 Å². The monoisotopic (exact) mass is 369 g/mol. The lowest BCUT2D eigenvalue weighted by Crippen LogP contribution is -2.12. The Morgan fingerprint density at radius 3 is 2.38 bits per heavy atom. The lowest BCUT2D eigenvalue weighted by Gasteiger charge is -2.08. The maximum Gasteiger partial charge on any atom is 0.265 e. The Hall–Kier alpha value is -1.29. The van der Waals surface area contributed by atoms with Crippen molar-refractivity contribution in [1.82, 2.24) is 9.78 Å². The van der Waals surface area contributed by atoms with E-state index in [1.54, 1.807) is 7.05 Å². The molecule has 0 fully saturated rings. The molecule has 0 unspecified atom stereocenters. The zero-order valence-electron chi connectivity index (χ0n) is 10.5. The minimum atomic E-state index is -3.99. The van der Waals surface area contributed by atoms with Crippen LogP contribution >= 0.6 is 22.3 Å². The number of hydrogen-bond acceptors (Lipinski definition) is 5. The zero-order chi connectivity index (χ0) is 15.8. The molecule has 0 saturated heterocycles. The Balaban J connectivity index is 2.35. The molecule has 0 aliphatic heterocycles. The van der Waals surface area contributed by atoms with Crippen LogP contribution in [0.4, 0.5) is 5.69 Å². The Labute approximate surface area is 131 Å². The number of benzene rings is 1. The van der Waals surface area contributed by atoms with E-state index in [0.29, 0.717) is 0 Å². The van der Waals surface area contributed by atoms with E-state index in [-0.39, 0.29) is 20.5 Å². The summed E-state index contributed by atoms with van der Waals surface area (Å²) < 4.78 is 50.1. The van der Waals surface area contributed by atoms with Crippen molar-refractivity contribution in [2.45, 2.75) is 9.79 Å². The van der Waals surface area contributed by atoms with Gasteiger partial charge < -0.3 is 0 Å². The highest BCUT2D eigenvalue weighted by molar-refractivity contribution is 8.13. The molecule has 1 aromatic carbocycles. The zero-order valence-corrected chi connectivity index (χ0v) is 13.6. The van der Waals surface area contributed by atoms with E-state index < -0.39 is 19.1 Å². The highest BCUT2D eigenvalue weighted by Gasteiger charge is 2.19. The standard InChI is InChI=1S/C10H9Cl2N3O4S2/c1-15-6-8(5-13-15)21(18,19)14-7-2-3-10(9(11)4-7)20(12,16)17/h2-6,14H,1H3. The molecule has 1 N–H and O–H groups in total. The van der Waals surface area contributed by atoms with Crippen molar-refractivity contribution in [1.29, 1.82) is 0 Å². The number of halogens is 2. The molecule has 2 aromatic rings. The van der Waals surface area contributed by atoms with Gasteiger partial charge in [0.05, 0.1) is 16.9 Å². The molecule has 1 heterocycles. The lowest BCUT2D eigenvalue weighted by molar-refractivity contribution is 0.601. The Bertz CT molecular complexity index is 891. The molecular formula is C10H9Cl2N3O4S2. The van der Waals surface area contributed by atoms with Crippen LogP contribution in [0.2, 0.25) is 5.02 Å². The number of nitrogens with one attached hydrogen (secondary N) is 1. The van der Waals surface area contributed by atoms with Crippen LogP contribution in [0.5, 0.6) is 0 Å². The van der Waals surface area contributed by atoms with Crippen molar-refractivity contribution in [3.8, 4) is 0 Å². The summed E-state index contributed by atoms with van der Waals surface area (Å²) in [5.74, 6) is 0. The molecule has 0 aliphatic rings. The summed E-state index contributed by atoms with van der Waals surface area (Å²) >= 11 is 5.78. The van der Waals surface area contributed by atoms with Gasteiger partial charge in [0, 0.05) is 23.9 Å². The summed E-state index contributed by atoms with van der Waals surface area (Å²) in [6, 6.07) is 3.52. The predicted molar refractivity (Wildman–Crippen MR) is 78.5 cm³/mol. The van der Waals surface area contributed by atoms with Crippen LogP contribution in [0, 0.1) is 0 Å². The van der Waals surface area contributed by atoms with E-state index in [4.69, 9.17) is 22.3 Å². The second-order valence-corrected chi connectivity index (χ2v) is 8.66. The second kappa shape index (κ2) is 5.48. The van der Waals surface area contributed by atoms with Crippen LogP contribution in [0.15, 0.2) is 40.4 Å². The van der Waals surface area contributed by atoms with Gasteiger partial charge in [0.15, 0.2) is 0 Å². The van der Waals surface area contributed by atoms with E-state index in [0.717, 1.165) is 12.1 Å². The summed E-state index contributed by atoms with van der Waals surface area (Å²) in [6.45, 7) is 0. The summed E-state index contributed by atoms with van der Waals surface area (Å²) in [7, 11) is -1.06. The average molecular weight is 370 g/mol. The van der Waals surface area contributed by atoms with Crippen LogP contribution in [-0.4, -0.2) is 26.6 Å². The average Bonchev–Trinajstić information content (AvgIpc) is 2.74. The molecule has 1 aromatic heterocycles. The number of aryl methyl sites for hydroxylation is 1. The molecule has 0 radical (unpaired) electrons. The minimum absolute atomic E-state index is 0.0323. The van der Waals surface area contributed by atoms with E-state index in [9.17, 15) is 16.8 Å². The Kier molecular flexibility index (Phi) is 4.20. The first-order chi connectivity index (χ1) is 9.59. The summed E-state index contributed by atoms with van der Waals surface area (Å²) in [6.07, 6.45) is 2.50. The van der Waals surface area contributed by atoms with Gasteiger partial charge in [-0.25, -0.2) is 16.8 Å². The molecule has 0 spiro atoms. The number of rotatable bonds is 4. The van der Waals surface area contributed by atoms with Gasteiger partial charge in [0.2, 0.25) is 0 Å². The third-order valence-electron chi connectivity index (χ3n) is 2.44. The predicted octanol–water partition coefficient (Wildman–Crippen LogP) is 1.80. The molecule has 114 valence electrons. The smallest absolute Gasteiger partial charge is 0.265 e. The molecule has 0 aliphatic carbocycles. The van der Waals surface area contributed by atoms with Crippen LogP contribution < -0.4 is 4.72 Å². The molecule has 7 nitrogen and oxygen atoms in total.